The molecule has 2 aliphatic rings. The van der Waals surface area contributed by atoms with Gasteiger partial charge in [-0.25, -0.2) is 9.97 Å². The van der Waals surface area contributed by atoms with Crippen molar-refractivity contribution >= 4 is 34.7 Å². The van der Waals surface area contributed by atoms with Gasteiger partial charge in [-0.2, -0.15) is 0 Å². The Bertz CT molecular complexity index is 793. The van der Waals surface area contributed by atoms with E-state index in [0.29, 0.717) is 16.4 Å². The molecule has 1 saturated heterocycles. The molecule has 3 heterocycles. The first-order chi connectivity index (χ1) is 13.2. The third kappa shape index (κ3) is 4.43. The molecule has 0 saturated carbocycles. The van der Waals surface area contributed by atoms with E-state index in [1.54, 1.807) is 12.3 Å². The fraction of sp³-hybridized carbons (Fsp3) is 0.550. The molecule has 0 aromatic carbocycles. The van der Waals surface area contributed by atoms with Crippen LogP contribution >= 0.6 is 22.9 Å². The van der Waals surface area contributed by atoms with Gasteiger partial charge in [-0.1, -0.05) is 11.6 Å². The quantitative estimate of drug-likeness (QED) is 0.804. The molecular weight excluding hydrogens is 380 g/mol. The molecule has 2 aromatic rings. The fourth-order valence-electron chi connectivity index (χ4n) is 3.76. The van der Waals surface area contributed by atoms with Crippen LogP contribution in [0.2, 0.25) is 5.02 Å². The molecule has 0 atom stereocenters. The van der Waals surface area contributed by atoms with E-state index >= 15 is 0 Å². The van der Waals surface area contributed by atoms with Gasteiger partial charge in [-0.15, -0.1) is 11.3 Å². The van der Waals surface area contributed by atoms with Gasteiger partial charge >= 0.3 is 0 Å². The summed E-state index contributed by atoms with van der Waals surface area (Å²) in [6.07, 6.45) is 10.7. The van der Waals surface area contributed by atoms with Crippen molar-refractivity contribution in [2.45, 2.75) is 51.4 Å². The van der Waals surface area contributed by atoms with Gasteiger partial charge in [-0.3, -0.25) is 4.79 Å². The molecule has 0 radical (unpaired) electrons. The second kappa shape index (κ2) is 8.57. The lowest BCUT2D eigenvalue weighted by molar-refractivity contribution is 0.0724. The van der Waals surface area contributed by atoms with Gasteiger partial charge in [0.2, 0.25) is 0 Å². The minimum atomic E-state index is 0.0315. The SMILES string of the molecule is O=C(c1cnc(NCCc2nc3c(s2)CCCC3)c(Cl)c1)N1CCCCC1. The zero-order chi connectivity index (χ0) is 18.6. The highest BCUT2D eigenvalue weighted by atomic mass is 35.5. The highest BCUT2D eigenvalue weighted by Crippen LogP contribution is 2.27. The van der Waals surface area contributed by atoms with E-state index in [2.05, 4.69) is 10.3 Å². The number of aryl methyl sites for hydroxylation is 2. The monoisotopic (exact) mass is 404 g/mol. The van der Waals surface area contributed by atoms with Crippen LogP contribution in [-0.2, 0) is 19.3 Å². The summed E-state index contributed by atoms with van der Waals surface area (Å²) in [5.74, 6) is 0.664. The summed E-state index contributed by atoms with van der Waals surface area (Å²) < 4.78 is 0. The van der Waals surface area contributed by atoms with Crippen LogP contribution in [0, 0.1) is 0 Å². The Labute approximate surface area is 169 Å². The van der Waals surface area contributed by atoms with Crippen molar-refractivity contribution in [3.8, 4) is 0 Å². The topological polar surface area (TPSA) is 58.1 Å². The fourth-order valence-corrected chi connectivity index (χ4v) is 5.15. The molecule has 144 valence electrons. The van der Waals surface area contributed by atoms with Gasteiger partial charge in [-0.05, 0) is 51.0 Å². The van der Waals surface area contributed by atoms with Crippen molar-refractivity contribution in [3.05, 3.63) is 38.4 Å². The van der Waals surface area contributed by atoms with Gasteiger partial charge in [0.1, 0.15) is 5.82 Å². The lowest BCUT2D eigenvalue weighted by Crippen LogP contribution is -2.35. The van der Waals surface area contributed by atoms with Crippen molar-refractivity contribution in [2.75, 3.05) is 25.0 Å². The molecular formula is C20H25ClN4OS. The number of nitrogens with zero attached hydrogens (tertiary/aromatic N) is 3. The van der Waals surface area contributed by atoms with Crippen molar-refractivity contribution in [1.82, 2.24) is 14.9 Å². The molecule has 1 aliphatic heterocycles. The van der Waals surface area contributed by atoms with Gasteiger partial charge in [0.15, 0.2) is 0 Å². The van der Waals surface area contributed by atoms with Gasteiger partial charge in [0, 0.05) is 37.1 Å². The number of piperidine rings is 1. The predicted octanol–water partition coefficient (Wildman–Crippen LogP) is 4.35. The number of carbonyl (C=O) groups excluding carboxylic acids is 1. The second-order valence-electron chi connectivity index (χ2n) is 7.27. The summed E-state index contributed by atoms with van der Waals surface area (Å²) in [5.41, 5.74) is 1.87. The molecule has 7 heteroatoms. The van der Waals surface area contributed by atoms with Crippen molar-refractivity contribution in [1.29, 1.82) is 0 Å². The summed E-state index contributed by atoms with van der Waals surface area (Å²) >= 11 is 8.21. The van der Waals surface area contributed by atoms with Crippen LogP contribution in [0.3, 0.4) is 0 Å². The first-order valence-corrected chi connectivity index (χ1v) is 11.1. The van der Waals surface area contributed by atoms with E-state index in [0.717, 1.165) is 45.3 Å². The summed E-state index contributed by atoms with van der Waals surface area (Å²) in [6.45, 7) is 2.39. The maximum absolute atomic E-state index is 12.6. The van der Waals surface area contributed by atoms with Gasteiger partial charge < -0.3 is 10.2 Å². The first kappa shape index (κ1) is 18.7. The first-order valence-electron chi connectivity index (χ1n) is 9.87. The number of anilines is 1. The van der Waals surface area contributed by atoms with Crippen LogP contribution in [0.15, 0.2) is 12.3 Å². The number of nitrogens with one attached hydrogen (secondary N) is 1. The molecule has 0 spiro atoms. The number of amides is 1. The van der Waals surface area contributed by atoms with Crippen molar-refractivity contribution in [2.24, 2.45) is 0 Å². The van der Waals surface area contributed by atoms with Crippen LogP contribution < -0.4 is 5.32 Å². The molecule has 0 unspecified atom stereocenters. The average Bonchev–Trinajstić information content (AvgIpc) is 3.12. The highest BCUT2D eigenvalue weighted by molar-refractivity contribution is 7.11. The molecule has 1 fully saturated rings. The number of likely N-dealkylation sites (tertiary alicyclic amines) is 1. The molecule has 4 rings (SSSR count). The predicted molar refractivity (Wildman–Crippen MR) is 110 cm³/mol. The number of fused-ring (bicyclic) bond motifs is 1. The number of pyridine rings is 1. The Hall–Kier alpha value is -1.66. The Kier molecular flexibility index (Phi) is 5.93. The smallest absolute Gasteiger partial charge is 0.255 e. The summed E-state index contributed by atoms with van der Waals surface area (Å²) in [4.78, 5) is 25.1. The number of hydrogen-bond donors (Lipinski definition) is 1. The zero-order valence-corrected chi connectivity index (χ0v) is 17.0. The van der Waals surface area contributed by atoms with Crippen LogP contribution in [0.1, 0.15) is 58.0 Å². The Morgan fingerprint density at radius 3 is 2.78 bits per heavy atom. The molecule has 27 heavy (non-hydrogen) atoms. The van der Waals surface area contributed by atoms with E-state index in [1.165, 1.54) is 41.3 Å². The Morgan fingerprint density at radius 1 is 1.19 bits per heavy atom. The van der Waals surface area contributed by atoms with Crippen LogP contribution in [0.5, 0.6) is 0 Å². The second-order valence-corrected chi connectivity index (χ2v) is 8.84. The minimum Gasteiger partial charge on any atom is -0.368 e. The van der Waals surface area contributed by atoms with Gasteiger partial charge in [0.05, 0.1) is 21.3 Å². The molecule has 5 nitrogen and oxygen atoms in total. The van der Waals surface area contributed by atoms with Crippen molar-refractivity contribution in [3.63, 3.8) is 0 Å². The maximum Gasteiger partial charge on any atom is 0.255 e. The zero-order valence-electron chi connectivity index (χ0n) is 15.5. The molecule has 0 bridgehead atoms. The summed E-state index contributed by atoms with van der Waals surface area (Å²) in [7, 11) is 0. The number of aromatic nitrogens is 2. The number of halogens is 1. The number of hydrogen-bond acceptors (Lipinski definition) is 5. The van der Waals surface area contributed by atoms with Crippen LogP contribution in [0.25, 0.3) is 0 Å². The number of thiazole rings is 1. The summed E-state index contributed by atoms with van der Waals surface area (Å²) in [6, 6.07) is 1.73. The largest absolute Gasteiger partial charge is 0.368 e. The molecule has 1 amide bonds. The van der Waals surface area contributed by atoms with Crippen molar-refractivity contribution < 1.29 is 4.79 Å². The Morgan fingerprint density at radius 2 is 2.00 bits per heavy atom. The average molecular weight is 405 g/mol. The van der Waals surface area contributed by atoms with E-state index in [1.807, 2.05) is 16.2 Å². The highest BCUT2D eigenvalue weighted by Gasteiger charge is 2.19. The third-order valence-electron chi connectivity index (χ3n) is 5.25. The molecule has 2 aromatic heterocycles. The molecule has 1 aliphatic carbocycles. The minimum absolute atomic E-state index is 0.0315. The van der Waals surface area contributed by atoms with E-state index in [4.69, 9.17) is 16.6 Å². The van der Waals surface area contributed by atoms with Gasteiger partial charge in [0.25, 0.3) is 5.91 Å². The molecule has 1 N–H and O–H groups in total. The lowest BCUT2D eigenvalue weighted by Gasteiger charge is -2.26. The van der Waals surface area contributed by atoms with E-state index in [9.17, 15) is 4.79 Å². The maximum atomic E-state index is 12.6. The summed E-state index contributed by atoms with van der Waals surface area (Å²) in [5, 5.41) is 4.97. The van der Waals surface area contributed by atoms with E-state index < -0.39 is 0 Å². The lowest BCUT2D eigenvalue weighted by atomic mass is 10.0. The van der Waals surface area contributed by atoms with Crippen LogP contribution in [0.4, 0.5) is 5.82 Å². The normalized spacial score (nSPS) is 16.9. The third-order valence-corrected chi connectivity index (χ3v) is 6.76. The van der Waals surface area contributed by atoms with E-state index in [-0.39, 0.29) is 5.91 Å². The number of rotatable bonds is 5. The van der Waals surface area contributed by atoms with Crippen LogP contribution in [-0.4, -0.2) is 40.4 Å². The number of carbonyl (C=O) groups is 1. The Balaban J connectivity index is 1.34. The standard InChI is InChI=1S/C20H25ClN4OS/c21-15-12-14(20(26)25-10-4-1-5-11-25)13-23-19(15)22-9-8-18-24-16-6-2-3-7-17(16)27-18/h12-13H,1-11H2,(H,22,23).